The summed E-state index contributed by atoms with van der Waals surface area (Å²) in [6.45, 7) is -0.258. The van der Waals surface area contributed by atoms with Crippen molar-refractivity contribution in [2.45, 2.75) is 6.54 Å². The molecule has 2 N–H and O–H groups in total. The average molecular weight is 446 g/mol. The maximum atomic E-state index is 10.8. The van der Waals surface area contributed by atoms with Gasteiger partial charge in [0.1, 0.15) is 29.9 Å². The molecule has 0 bridgehead atoms. The van der Waals surface area contributed by atoms with Crippen molar-refractivity contribution in [3.8, 4) is 28.8 Å². The molecule has 158 valence electrons. The van der Waals surface area contributed by atoms with Gasteiger partial charge in [-0.25, -0.2) is 4.98 Å². The Bertz CT molecular complexity index is 1300. The fourth-order valence-corrected chi connectivity index (χ4v) is 3.22. The average Bonchev–Trinajstić information content (AvgIpc) is 3.20. The lowest BCUT2D eigenvalue weighted by atomic mass is 10.1. The number of carboxylic acids is 1. The monoisotopic (exact) mass is 445 g/mol. The summed E-state index contributed by atoms with van der Waals surface area (Å²) in [5.74, 6) is 1.13. The number of hydrogen-bond donors (Lipinski definition) is 2. The first-order valence-corrected chi connectivity index (χ1v) is 9.86. The number of pyridine rings is 1. The van der Waals surface area contributed by atoms with Gasteiger partial charge in [0.15, 0.2) is 5.82 Å². The van der Waals surface area contributed by atoms with Gasteiger partial charge in [-0.1, -0.05) is 29.8 Å². The Hall–Kier alpha value is -4.35. The van der Waals surface area contributed by atoms with Crippen LogP contribution in [0.5, 0.6) is 11.5 Å². The number of nitriles is 1. The van der Waals surface area contributed by atoms with E-state index in [1.807, 2.05) is 30.3 Å². The molecule has 2 heterocycles. The van der Waals surface area contributed by atoms with Crippen molar-refractivity contribution in [1.29, 1.82) is 5.26 Å². The van der Waals surface area contributed by atoms with E-state index in [4.69, 9.17) is 21.4 Å². The molecular formula is C23H16ClN5O3. The van der Waals surface area contributed by atoms with Gasteiger partial charge in [0.25, 0.3) is 0 Å². The number of ether oxygens (including phenoxy) is 1. The second-order valence-electron chi connectivity index (χ2n) is 6.68. The third kappa shape index (κ3) is 4.86. The summed E-state index contributed by atoms with van der Waals surface area (Å²) in [5, 5.41) is 25.8. The first kappa shape index (κ1) is 20.9. The standard InChI is InChI=1S/C23H16ClN5O3/c24-19-12-21(26-20-10-11-29(28-20)14-22(30)31)27-23(18(19)13-25)15-6-8-17(9-7-15)32-16-4-2-1-3-5-16/h1-12H,14H2,(H,30,31)(H,26,27,28). The van der Waals surface area contributed by atoms with Crippen LogP contribution >= 0.6 is 11.6 Å². The van der Waals surface area contributed by atoms with Crippen molar-refractivity contribution < 1.29 is 14.6 Å². The molecule has 0 spiro atoms. The lowest BCUT2D eigenvalue weighted by molar-refractivity contribution is -0.137. The minimum absolute atomic E-state index is 0.231. The Morgan fingerprint density at radius 3 is 2.50 bits per heavy atom. The number of para-hydroxylation sites is 1. The van der Waals surface area contributed by atoms with E-state index in [0.29, 0.717) is 34.4 Å². The zero-order valence-corrected chi connectivity index (χ0v) is 17.3. The number of carboxylic acid groups (broad SMARTS) is 1. The number of halogens is 1. The highest BCUT2D eigenvalue weighted by Crippen LogP contribution is 2.32. The van der Waals surface area contributed by atoms with Gasteiger partial charge in [0, 0.05) is 23.9 Å². The number of anilines is 2. The molecule has 32 heavy (non-hydrogen) atoms. The molecule has 2 aromatic heterocycles. The first-order chi connectivity index (χ1) is 15.5. The summed E-state index contributed by atoms with van der Waals surface area (Å²) < 4.78 is 7.09. The van der Waals surface area contributed by atoms with Crippen molar-refractivity contribution in [1.82, 2.24) is 14.8 Å². The minimum atomic E-state index is -0.999. The molecule has 4 aromatic rings. The van der Waals surface area contributed by atoms with E-state index in [2.05, 4.69) is 21.5 Å². The maximum Gasteiger partial charge on any atom is 0.325 e. The van der Waals surface area contributed by atoms with Crippen molar-refractivity contribution in [2.75, 3.05) is 5.32 Å². The van der Waals surface area contributed by atoms with Gasteiger partial charge in [-0.2, -0.15) is 10.4 Å². The third-order valence-corrected chi connectivity index (χ3v) is 4.68. The van der Waals surface area contributed by atoms with Crippen LogP contribution in [0.25, 0.3) is 11.3 Å². The van der Waals surface area contributed by atoms with Gasteiger partial charge < -0.3 is 15.2 Å². The fourth-order valence-electron chi connectivity index (χ4n) is 2.98. The van der Waals surface area contributed by atoms with Crippen LogP contribution in [0, 0.1) is 11.3 Å². The first-order valence-electron chi connectivity index (χ1n) is 9.48. The number of rotatable bonds is 7. The van der Waals surface area contributed by atoms with Gasteiger partial charge in [0.2, 0.25) is 0 Å². The zero-order chi connectivity index (χ0) is 22.5. The quantitative estimate of drug-likeness (QED) is 0.407. The van der Waals surface area contributed by atoms with E-state index in [1.54, 1.807) is 30.3 Å². The molecule has 2 aromatic carbocycles. The van der Waals surface area contributed by atoms with Crippen LogP contribution in [0.2, 0.25) is 5.02 Å². The molecule has 0 aliphatic rings. The van der Waals surface area contributed by atoms with Crippen LogP contribution < -0.4 is 10.1 Å². The summed E-state index contributed by atoms with van der Waals surface area (Å²) in [6, 6.07) is 21.8. The van der Waals surface area contributed by atoms with Crippen molar-refractivity contribution in [2.24, 2.45) is 0 Å². The van der Waals surface area contributed by atoms with Crippen LogP contribution in [0.15, 0.2) is 72.9 Å². The molecule has 8 nitrogen and oxygen atoms in total. The summed E-state index contributed by atoms with van der Waals surface area (Å²) in [4.78, 5) is 15.4. The molecule has 0 atom stereocenters. The van der Waals surface area contributed by atoms with Crippen molar-refractivity contribution in [3.05, 3.63) is 83.5 Å². The lowest BCUT2D eigenvalue weighted by Gasteiger charge is -2.11. The maximum absolute atomic E-state index is 10.8. The van der Waals surface area contributed by atoms with Gasteiger partial charge in [-0.15, -0.1) is 0 Å². The summed E-state index contributed by atoms with van der Waals surface area (Å²) in [6.07, 6.45) is 1.54. The molecule has 0 fully saturated rings. The predicted octanol–water partition coefficient (Wildman–Crippen LogP) is 5.09. The molecule has 4 rings (SSSR count). The second-order valence-corrected chi connectivity index (χ2v) is 7.09. The number of carbonyl (C=O) groups is 1. The van der Waals surface area contributed by atoms with E-state index >= 15 is 0 Å². The van der Waals surface area contributed by atoms with E-state index in [-0.39, 0.29) is 17.1 Å². The highest BCUT2D eigenvalue weighted by molar-refractivity contribution is 6.32. The van der Waals surface area contributed by atoms with Gasteiger partial charge in [-0.05, 0) is 36.4 Å². The van der Waals surface area contributed by atoms with Crippen LogP contribution in [0.1, 0.15) is 5.56 Å². The highest BCUT2D eigenvalue weighted by Gasteiger charge is 2.14. The highest BCUT2D eigenvalue weighted by atomic mass is 35.5. The number of nitrogens with one attached hydrogen (secondary N) is 1. The molecule has 0 saturated carbocycles. The zero-order valence-electron chi connectivity index (χ0n) is 16.6. The van der Waals surface area contributed by atoms with Crippen molar-refractivity contribution in [3.63, 3.8) is 0 Å². The molecular weight excluding hydrogens is 430 g/mol. The number of benzene rings is 2. The van der Waals surface area contributed by atoms with Gasteiger partial charge in [-0.3, -0.25) is 9.48 Å². The third-order valence-electron chi connectivity index (χ3n) is 4.38. The fraction of sp³-hybridized carbons (Fsp3) is 0.0435. The number of nitrogens with zero attached hydrogens (tertiary/aromatic N) is 4. The van der Waals surface area contributed by atoms with E-state index in [1.165, 1.54) is 16.9 Å². The van der Waals surface area contributed by atoms with Gasteiger partial charge in [0.05, 0.1) is 16.3 Å². The predicted molar refractivity (Wildman–Crippen MR) is 119 cm³/mol. The lowest BCUT2D eigenvalue weighted by Crippen LogP contribution is -2.09. The van der Waals surface area contributed by atoms with Crippen molar-refractivity contribution >= 4 is 29.2 Å². The molecule has 0 amide bonds. The Balaban J connectivity index is 1.60. The second kappa shape index (κ2) is 9.20. The Labute approximate surface area is 188 Å². The van der Waals surface area contributed by atoms with Gasteiger partial charge >= 0.3 is 5.97 Å². The molecule has 0 saturated heterocycles. The molecule has 0 radical (unpaired) electrons. The summed E-state index contributed by atoms with van der Waals surface area (Å²) >= 11 is 6.33. The number of aromatic nitrogens is 3. The Kier molecular flexibility index (Phi) is 6.01. The van der Waals surface area contributed by atoms with E-state index < -0.39 is 5.97 Å². The van der Waals surface area contributed by atoms with Crippen LogP contribution in [-0.2, 0) is 11.3 Å². The number of hydrogen-bond acceptors (Lipinski definition) is 6. The summed E-state index contributed by atoms with van der Waals surface area (Å²) in [5.41, 5.74) is 1.33. The van der Waals surface area contributed by atoms with Crippen LogP contribution in [-0.4, -0.2) is 25.8 Å². The number of aliphatic carboxylic acids is 1. The van der Waals surface area contributed by atoms with Crippen LogP contribution in [0.3, 0.4) is 0 Å². The normalized spacial score (nSPS) is 10.4. The molecule has 0 unspecified atom stereocenters. The molecule has 0 aliphatic carbocycles. The largest absolute Gasteiger partial charge is 0.480 e. The minimum Gasteiger partial charge on any atom is -0.480 e. The molecule has 0 aliphatic heterocycles. The molecule has 9 heteroatoms. The Morgan fingerprint density at radius 1 is 1.09 bits per heavy atom. The van der Waals surface area contributed by atoms with E-state index in [9.17, 15) is 10.1 Å². The topological polar surface area (TPSA) is 113 Å². The Morgan fingerprint density at radius 2 is 1.81 bits per heavy atom. The smallest absolute Gasteiger partial charge is 0.325 e. The van der Waals surface area contributed by atoms with E-state index in [0.717, 1.165) is 0 Å². The van der Waals surface area contributed by atoms with Crippen LogP contribution in [0.4, 0.5) is 11.6 Å². The SMILES string of the molecule is N#Cc1c(Cl)cc(Nc2ccn(CC(=O)O)n2)nc1-c1ccc(Oc2ccccc2)cc1. The summed E-state index contributed by atoms with van der Waals surface area (Å²) in [7, 11) is 0.